The van der Waals surface area contributed by atoms with Crippen molar-refractivity contribution in [3.8, 4) is 5.75 Å². The highest BCUT2D eigenvalue weighted by atomic mass is 19.4. The zero-order valence-corrected chi connectivity index (χ0v) is 22.2. The Morgan fingerprint density at radius 3 is 2.60 bits per heavy atom. The lowest BCUT2D eigenvalue weighted by Crippen LogP contribution is -2.47. The van der Waals surface area contributed by atoms with Crippen LogP contribution in [-0.4, -0.2) is 70.0 Å². The van der Waals surface area contributed by atoms with Crippen LogP contribution in [0.5, 0.6) is 5.75 Å². The van der Waals surface area contributed by atoms with Crippen molar-refractivity contribution < 1.29 is 22.7 Å². The number of hydrogen-bond acceptors (Lipinski definition) is 5. The molecule has 7 nitrogen and oxygen atoms in total. The SMILES string of the molecule is O=C(CN1CCC(c2ccnc3cnc4[nH]ccc4c23)CC1)N1CCCC(COc2ccc(C(F)(F)F)cc2)C1. The smallest absolute Gasteiger partial charge is 0.416 e. The number of hydrogen-bond donors (Lipinski definition) is 1. The van der Waals surface area contributed by atoms with Crippen molar-refractivity contribution >= 4 is 27.8 Å². The Morgan fingerprint density at radius 1 is 1.02 bits per heavy atom. The van der Waals surface area contributed by atoms with Crippen LogP contribution < -0.4 is 4.74 Å². The second kappa shape index (κ2) is 11.1. The number of alkyl halides is 3. The quantitative estimate of drug-likeness (QED) is 0.336. The number of carbonyl (C=O) groups excluding carboxylic acids is 1. The van der Waals surface area contributed by atoms with Crippen molar-refractivity contribution in [2.24, 2.45) is 5.92 Å². The summed E-state index contributed by atoms with van der Waals surface area (Å²) < 4.78 is 44.1. The molecule has 0 aliphatic carbocycles. The summed E-state index contributed by atoms with van der Waals surface area (Å²) in [6.45, 7) is 3.84. The molecule has 6 rings (SSSR count). The van der Waals surface area contributed by atoms with Crippen LogP contribution >= 0.6 is 0 Å². The number of likely N-dealkylation sites (tertiary alicyclic amines) is 2. The molecule has 2 aliphatic heterocycles. The third kappa shape index (κ3) is 5.63. The maximum atomic E-state index is 13.2. The number of carbonyl (C=O) groups is 1. The van der Waals surface area contributed by atoms with E-state index in [0.29, 0.717) is 31.4 Å². The lowest BCUT2D eigenvalue weighted by molar-refractivity contribution is -0.137. The number of halogens is 3. The lowest BCUT2D eigenvalue weighted by atomic mass is 9.87. The van der Waals surface area contributed by atoms with Crippen molar-refractivity contribution in [1.82, 2.24) is 24.8 Å². The summed E-state index contributed by atoms with van der Waals surface area (Å²) in [6.07, 6.45) is 5.01. The second-order valence-corrected chi connectivity index (χ2v) is 10.9. The van der Waals surface area contributed by atoms with Gasteiger partial charge in [-0.3, -0.25) is 14.7 Å². The molecule has 0 spiro atoms. The fourth-order valence-electron chi connectivity index (χ4n) is 6.10. The fraction of sp³-hybridized carbons (Fsp3) is 0.433. The number of ether oxygens (including phenoxy) is 1. The number of aromatic amines is 1. The molecular weight excluding hydrogens is 519 g/mol. The van der Waals surface area contributed by atoms with Crippen molar-refractivity contribution in [3.63, 3.8) is 0 Å². The first-order valence-corrected chi connectivity index (χ1v) is 13.9. The standard InChI is InChI=1S/C30H32F3N5O2/c31-30(32,33)22-3-5-23(6-4-22)40-19-20-2-1-13-38(17-20)27(39)18-37-14-9-21(10-15-37)24-7-11-34-26-16-36-29-25(28(24)26)8-12-35-29/h3-8,11-12,16,20-21H,1-2,9-10,13-15,17-19H2,(H,35,36). The van der Waals surface area contributed by atoms with Gasteiger partial charge in [0.1, 0.15) is 11.4 Å². The number of fused-ring (bicyclic) bond motifs is 3. The lowest BCUT2D eigenvalue weighted by Gasteiger charge is -2.36. The van der Waals surface area contributed by atoms with Crippen molar-refractivity contribution in [3.05, 3.63) is 66.1 Å². The van der Waals surface area contributed by atoms with Crippen LogP contribution in [0.15, 0.2) is 55.0 Å². The summed E-state index contributed by atoms with van der Waals surface area (Å²) in [5, 5.41) is 2.27. The first kappa shape index (κ1) is 26.6. The third-order valence-corrected chi connectivity index (χ3v) is 8.25. The number of piperidine rings is 2. The molecule has 0 bridgehead atoms. The van der Waals surface area contributed by atoms with Gasteiger partial charge >= 0.3 is 6.18 Å². The first-order chi connectivity index (χ1) is 19.3. The molecule has 1 unspecified atom stereocenters. The zero-order chi connectivity index (χ0) is 27.7. The summed E-state index contributed by atoms with van der Waals surface area (Å²) in [4.78, 5) is 29.5. The van der Waals surface area contributed by atoms with Gasteiger partial charge in [0.25, 0.3) is 0 Å². The number of aromatic nitrogens is 3. The Labute approximate surface area is 230 Å². The maximum Gasteiger partial charge on any atom is 0.416 e. The van der Waals surface area contributed by atoms with Crippen molar-refractivity contribution in [2.45, 2.75) is 37.8 Å². The Bertz CT molecular complexity index is 1480. The number of rotatable bonds is 6. The first-order valence-electron chi connectivity index (χ1n) is 13.9. The number of H-pyrrole nitrogens is 1. The number of benzene rings is 1. The van der Waals surface area contributed by atoms with Gasteiger partial charge in [-0.1, -0.05) is 0 Å². The second-order valence-electron chi connectivity index (χ2n) is 10.9. The predicted molar refractivity (Wildman–Crippen MR) is 146 cm³/mol. The summed E-state index contributed by atoms with van der Waals surface area (Å²) in [5.41, 5.74) is 2.39. The third-order valence-electron chi connectivity index (χ3n) is 8.25. The van der Waals surface area contributed by atoms with Crippen molar-refractivity contribution in [2.75, 3.05) is 39.3 Å². The van der Waals surface area contributed by atoms with Crippen LogP contribution in [-0.2, 0) is 11.0 Å². The van der Waals surface area contributed by atoms with Gasteiger partial charge in [0.15, 0.2) is 0 Å². The van der Waals surface area contributed by atoms with Gasteiger partial charge in [-0.2, -0.15) is 13.2 Å². The molecule has 2 saturated heterocycles. The molecule has 1 N–H and O–H groups in total. The average Bonchev–Trinajstić information content (AvgIpc) is 3.46. The molecule has 2 aliphatic rings. The van der Waals surface area contributed by atoms with E-state index < -0.39 is 11.7 Å². The topological polar surface area (TPSA) is 74.4 Å². The van der Waals surface area contributed by atoms with Gasteiger partial charge in [-0.25, -0.2) is 4.98 Å². The predicted octanol–water partition coefficient (Wildman–Crippen LogP) is 5.63. The summed E-state index contributed by atoms with van der Waals surface area (Å²) >= 11 is 0. The highest BCUT2D eigenvalue weighted by Crippen LogP contribution is 2.35. The van der Waals surface area contributed by atoms with E-state index in [0.717, 1.165) is 74.0 Å². The molecule has 4 aromatic rings. The molecule has 1 atom stereocenters. The number of amides is 1. The molecule has 2 fully saturated rings. The fourth-order valence-corrected chi connectivity index (χ4v) is 6.10. The summed E-state index contributed by atoms with van der Waals surface area (Å²) in [7, 11) is 0. The largest absolute Gasteiger partial charge is 0.493 e. The van der Waals surface area contributed by atoms with Crippen molar-refractivity contribution in [1.29, 1.82) is 0 Å². The van der Waals surface area contributed by atoms with Gasteiger partial charge in [0, 0.05) is 42.2 Å². The van der Waals surface area contributed by atoms with Crippen LogP contribution in [0, 0.1) is 5.92 Å². The average molecular weight is 552 g/mol. The van der Waals surface area contributed by atoms with Crippen LogP contribution in [0.25, 0.3) is 21.9 Å². The normalized spacial score (nSPS) is 19.4. The number of nitrogens with one attached hydrogen (secondary N) is 1. The maximum absolute atomic E-state index is 13.2. The van der Waals surface area contributed by atoms with Gasteiger partial charge < -0.3 is 14.6 Å². The Balaban J connectivity index is 1.01. The van der Waals surface area contributed by atoms with Crippen LogP contribution in [0.1, 0.15) is 42.7 Å². The van der Waals surface area contributed by atoms with Crippen LogP contribution in [0.3, 0.4) is 0 Å². The van der Waals surface area contributed by atoms with Crippen LogP contribution in [0.2, 0.25) is 0 Å². The van der Waals surface area contributed by atoms with E-state index in [1.54, 1.807) is 0 Å². The van der Waals surface area contributed by atoms with Gasteiger partial charge in [0.2, 0.25) is 5.91 Å². The van der Waals surface area contributed by atoms with Gasteiger partial charge in [-0.15, -0.1) is 0 Å². The molecular formula is C30H32F3N5O2. The molecule has 0 saturated carbocycles. The van der Waals surface area contributed by atoms with E-state index in [2.05, 4.69) is 32.0 Å². The molecule has 1 aromatic carbocycles. The molecule has 0 radical (unpaired) electrons. The van der Waals surface area contributed by atoms with Gasteiger partial charge in [-0.05, 0) is 86.7 Å². The monoisotopic (exact) mass is 551 g/mol. The minimum absolute atomic E-state index is 0.132. The molecule has 210 valence electrons. The Hall–Kier alpha value is -3.66. The highest BCUT2D eigenvalue weighted by Gasteiger charge is 2.31. The van der Waals surface area contributed by atoms with E-state index in [1.807, 2.05) is 23.5 Å². The van der Waals surface area contributed by atoms with E-state index >= 15 is 0 Å². The zero-order valence-electron chi connectivity index (χ0n) is 22.2. The van der Waals surface area contributed by atoms with E-state index in [9.17, 15) is 18.0 Å². The minimum Gasteiger partial charge on any atom is -0.493 e. The Morgan fingerprint density at radius 2 is 1.82 bits per heavy atom. The van der Waals surface area contributed by atoms with E-state index in [-0.39, 0.29) is 11.8 Å². The minimum atomic E-state index is -4.36. The summed E-state index contributed by atoms with van der Waals surface area (Å²) in [6, 6.07) is 8.95. The molecule has 5 heterocycles. The molecule has 3 aromatic heterocycles. The molecule has 40 heavy (non-hydrogen) atoms. The van der Waals surface area contributed by atoms with E-state index in [4.69, 9.17) is 4.74 Å². The number of pyridine rings is 2. The number of nitrogens with zero attached hydrogens (tertiary/aromatic N) is 4. The molecule has 10 heteroatoms. The Kier molecular flexibility index (Phi) is 7.35. The summed E-state index contributed by atoms with van der Waals surface area (Å²) in [5.74, 6) is 1.10. The highest BCUT2D eigenvalue weighted by molar-refractivity contribution is 6.05. The van der Waals surface area contributed by atoms with E-state index in [1.165, 1.54) is 23.1 Å². The molecule has 1 amide bonds. The van der Waals surface area contributed by atoms with Gasteiger partial charge in [0.05, 0.1) is 30.4 Å². The van der Waals surface area contributed by atoms with Crippen LogP contribution in [0.4, 0.5) is 13.2 Å².